The van der Waals surface area contributed by atoms with Crippen molar-refractivity contribution in [2.45, 2.75) is 77.5 Å². The van der Waals surface area contributed by atoms with Crippen molar-refractivity contribution in [1.29, 1.82) is 0 Å². The molecule has 0 aliphatic heterocycles. The van der Waals surface area contributed by atoms with Gasteiger partial charge in [0.15, 0.2) is 18.3 Å². The minimum absolute atomic E-state index is 0.0283. The van der Waals surface area contributed by atoms with Crippen LogP contribution in [0.1, 0.15) is 57.3 Å². The summed E-state index contributed by atoms with van der Waals surface area (Å²) in [6, 6.07) is 5.91. The smallest absolute Gasteiger partial charge is 0.335 e. The average molecular weight is 663 g/mol. The number of hydrogen-bond donors (Lipinski definition) is 3. The van der Waals surface area contributed by atoms with Crippen molar-refractivity contribution < 1.29 is 77.2 Å². The summed E-state index contributed by atoms with van der Waals surface area (Å²) in [4.78, 5) is 68.3. The number of methoxy groups -OCH3 is 2. The Balaban J connectivity index is 0. The van der Waals surface area contributed by atoms with E-state index in [9.17, 15) is 39.0 Å². The van der Waals surface area contributed by atoms with Crippen molar-refractivity contribution in [2.75, 3.05) is 41.2 Å². The minimum Gasteiger partial charge on any atom is -0.484 e. The highest BCUT2D eigenvalue weighted by atomic mass is 16.6. The monoisotopic (exact) mass is 662 g/mol. The normalized spacial score (nSPS) is 13.3. The molecule has 1 aromatic rings. The molecule has 16 heteroatoms. The zero-order chi connectivity index (χ0) is 35.7. The number of aliphatic hydroxyl groups excluding tert-OH is 3. The summed E-state index contributed by atoms with van der Waals surface area (Å²) in [5, 5.41) is 25.9. The summed E-state index contributed by atoms with van der Waals surface area (Å²) >= 11 is 0. The van der Waals surface area contributed by atoms with E-state index in [1.165, 1.54) is 45.2 Å². The fourth-order valence-corrected chi connectivity index (χ4v) is 3.63. The molecule has 0 aromatic heterocycles. The lowest BCUT2D eigenvalue weighted by Gasteiger charge is -2.33. The largest absolute Gasteiger partial charge is 0.484 e. The van der Waals surface area contributed by atoms with E-state index in [4.69, 9.17) is 33.5 Å². The molecule has 0 aliphatic rings. The van der Waals surface area contributed by atoms with Crippen molar-refractivity contribution in [3.63, 3.8) is 0 Å². The summed E-state index contributed by atoms with van der Waals surface area (Å²) in [5.41, 5.74) is 0.371. The molecule has 5 unspecified atom stereocenters. The zero-order valence-corrected chi connectivity index (χ0v) is 27.2. The van der Waals surface area contributed by atoms with Gasteiger partial charge in [-0.15, -0.1) is 0 Å². The number of aliphatic hydroxyl groups is 3. The molecule has 5 atom stereocenters. The Morgan fingerprint density at radius 2 is 1.26 bits per heavy atom. The highest BCUT2D eigenvalue weighted by molar-refractivity contribution is 5.75. The third kappa shape index (κ3) is 20.0. The third-order valence-electron chi connectivity index (χ3n) is 5.54. The quantitative estimate of drug-likeness (QED) is 0.111. The average Bonchev–Trinajstić information content (AvgIpc) is 3.01. The molecule has 0 saturated carbocycles. The maximum absolute atomic E-state index is 12.5. The van der Waals surface area contributed by atoms with E-state index in [0.29, 0.717) is 11.8 Å². The van der Waals surface area contributed by atoms with Crippen molar-refractivity contribution in [1.82, 2.24) is 0 Å². The predicted molar refractivity (Wildman–Crippen MR) is 159 cm³/mol. The number of esters is 5. The number of rotatable bonds is 18. The molecule has 262 valence electrons. The van der Waals surface area contributed by atoms with Crippen molar-refractivity contribution in [3.05, 3.63) is 29.8 Å². The molecule has 16 nitrogen and oxygen atoms in total. The second-order valence-corrected chi connectivity index (χ2v) is 9.10. The molecule has 3 N–H and O–H groups in total. The van der Waals surface area contributed by atoms with Crippen LogP contribution in [-0.2, 0) is 52.4 Å². The molecule has 1 aromatic carbocycles. The Morgan fingerprint density at radius 1 is 0.739 bits per heavy atom. The maximum Gasteiger partial charge on any atom is 0.335 e. The van der Waals surface area contributed by atoms with Crippen LogP contribution in [0, 0.1) is 0 Å². The second kappa shape index (κ2) is 26.1. The topological polar surface area (TPSA) is 228 Å². The first-order valence-corrected chi connectivity index (χ1v) is 14.0. The standard InChI is InChI=1S/C26H36O13.C3H6O2.CH4O/c1-16(30)36-21(9-11-27)13-23(26(33)34-4)35-15-24(39-20-7-5-19(14-29)6-8-20)25(38-18(3)32)22(10-12-28)37-17(2)31;1-3(4)5-2;1-2/h5-8,14,21-25,27-28H,9-13,15H2,1-4H3;1-2H3;2H,1H3. The molecule has 0 spiro atoms. The van der Waals surface area contributed by atoms with Crippen molar-refractivity contribution in [2.24, 2.45) is 0 Å². The number of hydrogen-bond acceptors (Lipinski definition) is 16. The van der Waals surface area contributed by atoms with Crippen molar-refractivity contribution in [3.8, 4) is 5.75 Å². The summed E-state index contributed by atoms with van der Waals surface area (Å²) in [6.45, 7) is 3.63. The first kappa shape index (κ1) is 44.0. The molecule has 0 radical (unpaired) electrons. The predicted octanol–water partition coefficient (Wildman–Crippen LogP) is 0.543. The van der Waals surface area contributed by atoms with Gasteiger partial charge in [0.1, 0.15) is 24.2 Å². The fourth-order valence-electron chi connectivity index (χ4n) is 3.63. The Bertz CT molecular complexity index is 1040. The molecule has 0 saturated heterocycles. The first-order valence-electron chi connectivity index (χ1n) is 14.0. The van der Waals surface area contributed by atoms with Crippen LogP contribution in [0.3, 0.4) is 0 Å². The lowest BCUT2D eigenvalue weighted by atomic mass is 10.0. The summed E-state index contributed by atoms with van der Waals surface area (Å²) < 4.78 is 36.6. The Kier molecular flexibility index (Phi) is 25.0. The molecule has 0 aliphatic carbocycles. The van der Waals surface area contributed by atoms with Crippen LogP contribution in [0.5, 0.6) is 5.75 Å². The molecule has 46 heavy (non-hydrogen) atoms. The highest BCUT2D eigenvalue weighted by Crippen LogP contribution is 2.22. The van der Waals surface area contributed by atoms with Crippen LogP contribution in [0.4, 0.5) is 0 Å². The maximum atomic E-state index is 12.5. The number of benzene rings is 1. The van der Waals surface area contributed by atoms with E-state index < -0.39 is 67.6 Å². The number of aldehydes is 1. The number of carbonyl (C=O) groups excluding carboxylic acids is 6. The Labute approximate surface area is 267 Å². The van der Waals surface area contributed by atoms with Crippen LogP contribution < -0.4 is 4.74 Å². The van der Waals surface area contributed by atoms with E-state index in [0.717, 1.165) is 28.1 Å². The Morgan fingerprint density at radius 3 is 1.67 bits per heavy atom. The lowest BCUT2D eigenvalue weighted by Crippen LogP contribution is -2.49. The molecular weight excluding hydrogens is 616 g/mol. The van der Waals surface area contributed by atoms with Crippen LogP contribution in [0.15, 0.2) is 24.3 Å². The van der Waals surface area contributed by atoms with Crippen molar-refractivity contribution >= 4 is 36.1 Å². The van der Waals surface area contributed by atoms with Crippen LogP contribution >= 0.6 is 0 Å². The van der Waals surface area contributed by atoms with E-state index >= 15 is 0 Å². The zero-order valence-electron chi connectivity index (χ0n) is 27.2. The van der Waals surface area contributed by atoms with Crippen LogP contribution in [-0.4, -0.2) is 123 Å². The van der Waals surface area contributed by atoms with E-state index in [1.807, 2.05) is 0 Å². The molecular formula is C30H46O16. The van der Waals surface area contributed by atoms with E-state index in [2.05, 4.69) is 4.74 Å². The summed E-state index contributed by atoms with van der Waals surface area (Å²) in [5.74, 6) is -2.91. The van der Waals surface area contributed by atoms with Gasteiger partial charge in [-0.3, -0.25) is 24.0 Å². The van der Waals surface area contributed by atoms with Gasteiger partial charge in [-0.1, -0.05) is 0 Å². The first-order chi connectivity index (χ1) is 21.8. The Hall–Kier alpha value is -4.12. The molecule has 0 bridgehead atoms. The van der Waals surface area contributed by atoms with Crippen LogP contribution in [0.2, 0.25) is 0 Å². The van der Waals surface area contributed by atoms with Gasteiger partial charge in [0.2, 0.25) is 0 Å². The highest BCUT2D eigenvalue weighted by Gasteiger charge is 2.38. The van der Waals surface area contributed by atoms with Gasteiger partial charge in [0.05, 0.1) is 20.8 Å². The van der Waals surface area contributed by atoms with E-state index in [1.54, 1.807) is 0 Å². The summed E-state index contributed by atoms with van der Waals surface area (Å²) in [7, 11) is 3.48. The van der Waals surface area contributed by atoms with Gasteiger partial charge < -0.3 is 48.5 Å². The SMILES string of the molecule is CO.COC(=O)C(CC(CCO)OC(C)=O)OCC(Oc1ccc(C=O)cc1)C(OC(C)=O)C(CCO)OC(C)=O.COC(C)=O. The molecule has 1 rings (SSSR count). The summed E-state index contributed by atoms with van der Waals surface area (Å²) in [6.07, 6.45) is -5.45. The molecule has 0 fully saturated rings. The second-order valence-electron chi connectivity index (χ2n) is 9.10. The number of carbonyl (C=O) groups is 6. The van der Waals surface area contributed by atoms with Gasteiger partial charge in [-0.25, -0.2) is 4.79 Å². The van der Waals surface area contributed by atoms with Gasteiger partial charge in [-0.05, 0) is 24.3 Å². The van der Waals surface area contributed by atoms with E-state index in [-0.39, 0.29) is 37.6 Å². The van der Waals surface area contributed by atoms with Gasteiger partial charge in [0, 0.05) is 72.8 Å². The minimum atomic E-state index is -1.30. The molecule has 0 amide bonds. The lowest BCUT2D eigenvalue weighted by molar-refractivity contribution is -0.181. The van der Waals surface area contributed by atoms with Gasteiger partial charge in [0.25, 0.3) is 0 Å². The van der Waals surface area contributed by atoms with Gasteiger partial charge in [-0.2, -0.15) is 0 Å². The van der Waals surface area contributed by atoms with Gasteiger partial charge >= 0.3 is 29.8 Å². The van der Waals surface area contributed by atoms with Crippen LogP contribution in [0.25, 0.3) is 0 Å². The number of ether oxygens (including phenoxy) is 7. The molecule has 0 heterocycles. The third-order valence-corrected chi connectivity index (χ3v) is 5.54. The fraction of sp³-hybridized carbons (Fsp3) is 0.600.